The van der Waals surface area contributed by atoms with Crippen LogP contribution in [0.25, 0.3) is 0 Å². The van der Waals surface area contributed by atoms with Gasteiger partial charge in [0.25, 0.3) is 0 Å². The Hall–Kier alpha value is -1.65. The lowest BCUT2D eigenvalue weighted by Gasteiger charge is -2.08. The van der Waals surface area contributed by atoms with Crippen LogP contribution in [0.3, 0.4) is 0 Å². The van der Waals surface area contributed by atoms with E-state index in [1.165, 1.54) is 5.56 Å². The monoisotopic (exact) mass is 303 g/mol. The Morgan fingerprint density at radius 2 is 1.71 bits per heavy atom. The van der Waals surface area contributed by atoms with E-state index in [9.17, 15) is 4.21 Å². The van der Waals surface area contributed by atoms with Crippen molar-refractivity contribution in [3.63, 3.8) is 0 Å². The molecule has 0 aliphatic carbocycles. The normalized spacial score (nSPS) is 12.0. The van der Waals surface area contributed by atoms with E-state index in [1.807, 2.05) is 30.3 Å². The molecule has 2 aromatic rings. The number of ether oxygens (including phenoxy) is 1. The number of benzene rings is 2. The lowest BCUT2D eigenvalue weighted by Crippen LogP contribution is -2.19. The summed E-state index contributed by atoms with van der Waals surface area (Å²) in [5.74, 6) is 1.57. The molecule has 0 radical (unpaired) electrons. The van der Waals surface area contributed by atoms with Crippen LogP contribution in [0.15, 0.2) is 54.6 Å². The van der Waals surface area contributed by atoms with Gasteiger partial charge in [-0.3, -0.25) is 4.21 Å². The molecule has 1 atom stereocenters. The quantitative estimate of drug-likeness (QED) is 0.762. The molecule has 0 aromatic heterocycles. The first kappa shape index (κ1) is 15.7. The van der Waals surface area contributed by atoms with Crippen LogP contribution < -0.4 is 10.1 Å². The third-order valence-corrected chi connectivity index (χ3v) is 3.85. The molecule has 0 amide bonds. The highest BCUT2D eigenvalue weighted by Gasteiger charge is 1.97. The summed E-state index contributed by atoms with van der Waals surface area (Å²) in [5, 5.41) is 3.28. The Morgan fingerprint density at radius 3 is 2.38 bits per heavy atom. The van der Waals surface area contributed by atoms with Gasteiger partial charge in [0.2, 0.25) is 0 Å². The summed E-state index contributed by atoms with van der Waals surface area (Å²) in [6, 6.07) is 18.2. The zero-order chi connectivity index (χ0) is 14.9. The molecule has 2 rings (SSSR count). The van der Waals surface area contributed by atoms with Gasteiger partial charge in [-0.15, -0.1) is 0 Å². The summed E-state index contributed by atoms with van der Waals surface area (Å²) < 4.78 is 16.7. The summed E-state index contributed by atoms with van der Waals surface area (Å²) in [7, 11) is -0.731. The Labute approximate surface area is 128 Å². The molecule has 0 heterocycles. The maximum atomic E-state index is 10.9. The van der Waals surface area contributed by atoms with Crippen molar-refractivity contribution in [2.24, 2.45) is 0 Å². The van der Waals surface area contributed by atoms with Crippen LogP contribution in [0, 0.1) is 0 Å². The van der Waals surface area contributed by atoms with Crippen molar-refractivity contribution in [3.8, 4) is 5.75 Å². The van der Waals surface area contributed by atoms with Crippen molar-refractivity contribution in [2.75, 3.05) is 18.6 Å². The summed E-state index contributed by atoms with van der Waals surface area (Å²) >= 11 is 0. The van der Waals surface area contributed by atoms with Gasteiger partial charge < -0.3 is 10.1 Å². The van der Waals surface area contributed by atoms with Crippen LogP contribution in [0.1, 0.15) is 11.1 Å². The van der Waals surface area contributed by atoms with Gasteiger partial charge in [-0.2, -0.15) is 0 Å². The Kier molecular flexibility index (Phi) is 6.44. The number of rotatable bonds is 8. The van der Waals surface area contributed by atoms with Gasteiger partial charge in [-0.1, -0.05) is 42.5 Å². The standard InChI is InChI=1S/C17H21NO2S/c1-21(19)12-11-18-13-15-7-9-17(10-8-15)20-14-16-5-3-2-4-6-16/h2-10,18H,11-14H2,1H3. The van der Waals surface area contributed by atoms with E-state index in [0.29, 0.717) is 12.4 Å². The zero-order valence-electron chi connectivity index (χ0n) is 12.2. The third-order valence-electron chi connectivity index (χ3n) is 3.07. The fourth-order valence-corrected chi connectivity index (χ4v) is 2.32. The maximum absolute atomic E-state index is 10.9. The lowest BCUT2D eigenvalue weighted by atomic mass is 10.2. The minimum atomic E-state index is -0.731. The first-order chi connectivity index (χ1) is 10.2. The first-order valence-electron chi connectivity index (χ1n) is 7.00. The van der Waals surface area contributed by atoms with Crippen molar-refractivity contribution in [1.82, 2.24) is 5.32 Å². The molecule has 1 N–H and O–H groups in total. The molecule has 0 aliphatic heterocycles. The molecule has 0 spiro atoms. The molecule has 0 aliphatic rings. The highest BCUT2D eigenvalue weighted by molar-refractivity contribution is 7.84. The fourth-order valence-electron chi connectivity index (χ4n) is 1.89. The van der Waals surface area contributed by atoms with Gasteiger partial charge in [-0.05, 0) is 23.3 Å². The molecule has 0 fully saturated rings. The second-order valence-electron chi connectivity index (χ2n) is 4.87. The second-order valence-corrected chi connectivity index (χ2v) is 6.43. The van der Waals surface area contributed by atoms with Crippen molar-refractivity contribution in [2.45, 2.75) is 13.2 Å². The van der Waals surface area contributed by atoms with Crippen molar-refractivity contribution < 1.29 is 8.95 Å². The number of nitrogens with one attached hydrogen (secondary N) is 1. The maximum Gasteiger partial charge on any atom is 0.119 e. The third kappa shape index (κ3) is 6.10. The average Bonchev–Trinajstić information content (AvgIpc) is 2.51. The van der Waals surface area contributed by atoms with E-state index >= 15 is 0 Å². The molecule has 3 nitrogen and oxygen atoms in total. The Balaban J connectivity index is 1.75. The first-order valence-corrected chi connectivity index (χ1v) is 8.73. The highest BCUT2D eigenvalue weighted by Crippen LogP contribution is 2.14. The smallest absolute Gasteiger partial charge is 0.119 e. The van der Waals surface area contributed by atoms with Crippen LogP contribution >= 0.6 is 0 Å². The summed E-state index contributed by atoms with van der Waals surface area (Å²) in [5.41, 5.74) is 2.36. The van der Waals surface area contributed by atoms with Gasteiger partial charge in [0.05, 0.1) is 0 Å². The second kappa shape index (κ2) is 8.60. The van der Waals surface area contributed by atoms with Gasteiger partial charge >= 0.3 is 0 Å². The van der Waals surface area contributed by atoms with Crippen LogP contribution in [0.4, 0.5) is 0 Å². The fraction of sp³-hybridized carbons (Fsp3) is 0.294. The minimum absolute atomic E-state index is 0.584. The molecule has 0 bridgehead atoms. The Bertz CT molecular complexity index is 555. The van der Waals surface area contributed by atoms with Crippen molar-refractivity contribution in [1.29, 1.82) is 0 Å². The van der Waals surface area contributed by atoms with E-state index in [1.54, 1.807) is 6.26 Å². The van der Waals surface area contributed by atoms with Crippen LogP contribution in [-0.2, 0) is 24.0 Å². The van der Waals surface area contributed by atoms with E-state index in [4.69, 9.17) is 4.74 Å². The van der Waals surface area contributed by atoms with E-state index in [2.05, 4.69) is 29.6 Å². The molecular formula is C17H21NO2S. The van der Waals surface area contributed by atoms with Gasteiger partial charge in [-0.25, -0.2) is 0 Å². The number of hydrogen-bond donors (Lipinski definition) is 1. The molecule has 0 saturated carbocycles. The summed E-state index contributed by atoms with van der Waals surface area (Å²) in [4.78, 5) is 0. The zero-order valence-corrected chi connectivity index (χ0v) is 13.1. The van der Waals surface area contributed by atoms with Crippen molar-refractivity contribution in [3.05, 3.63) is 65.7 Å². The van der Waals surface area contributed by atoms with E-state index < -0.39 is 10.8 Å². The summed E-state index contributed by atoms with van der Waals surface area (Å²) in [6.45, 7) is 2.15. The predicted octanol–water partition coefficient (Wildman–Crippen LogP) is 2.73. The number of hydrogen-bond acceptors (Lipinski definition) is 3. The molecule has 112 valence electrons. The van der Waals surface area contributed by atoms with Crippen LogP contribution in [-0.4, -0.2) is 22.8 Å². The molecule has 0 saturated heterocycles. The topological polar surface area (TPSA) is 38.3 Å². The molecule has 2 aromatic carbocycles. The largest absolute Gasteiger partial charge is 0.489 e. The average molecular weight is 303 g/mol. The van der Waals surface area contributed by atoms with Gasteiger partial charge in [0, 0.05) is 35.9 Å². The van der Waals surface area contributed by atoms with Crippen LogP contribution in [0.2, 0.25) is 0 Å². The predicted molar refractivity (Wildman–Crippen MR) is 87.9 cm³/mol. The van der Waals surface area contributed by atoms with Gasteiger partial charge in [0.15, 0.2) is 0 Å². The minimum Gasteiger partial charge on any atom is -0.489 e. The Morgan fingerprint density at radius 1 is 1.00 bits per heavy atom. The van der Waals surface area contributed by atoms with Crippen LogP contribution in [0.5, 0.6) is 5.75 Å². The molecule has 21 heavy (non-hydrogen) atoms. The molecule has 4 heteroatoms. The van der Waals surface area contributed by atoms with E-state index in [-0.39, 0.29) is 0 Å². The van der Waals surface area contributed by atoms with Gasteiger partial charge in [0.1, 0.15) is 12.4 Å². The molecular weight excluding hydrogens is 282 g/mol. The summed E-state index contributed by atoms with van der Waals surface area (Å²) in [6.07, 6.45) is 1.72. The van der Waals surface area contributed by atoms with E-state index in [0.717, 1.165) is 24.4 Å². The molecule has 1 unspecified atom stereocenters. The highest BCUT2D eigenvalue weighted by atomic mass is 32.2. The lowest BCUT2D eigenvalue weighted by molar-refractivity contribution is 0.306. The SMILES string of the molecule is CS(=O)CCNCc1ccc(OCc2ccccc2)cc1. The van der Waals surface area contributed by atoms with Crippen molar-refractivity contribution >= 4 is 10.8 Å².